The summed E-state index contributed by atoms with van der Waals surface area (Å²) in [5.74, 6) is -0.128. The maximum Gasteiger partial charge on any atom is 0.252 e. The van der Waals surface area contributed by atoms with Gasteiger partial charge in [0.25, 0.3) is 5.91 Å². The van der Waals surface area contributed by atoms with E-state index in [0.717, 1.165) is 0 Å². The van der Waals surface area contributed by atoms with Crippen LogP contribution in [0.4, 0.5) is 0 Å². The largest absolute Gasteiger partial charge is 0.332 e. The fourth-order valence-corrected chi connectivity index (χ4v) is 7.89. The third kappa shape index (κ3) is 2.75. The molecule has 0 aliphatic carbocycles. The van der Waals surface area contributed by atoms with Gasteiger partial charge < -0.3 is 4.90 Å². The van der Waals surface area contributed by atoms with E-state index in [4.69, 9.17) is 5.14 Å². The van der Waals surface area contributed by atoms with E-state index in [0.29, 0.717) is 18.3 Å². The van der Waals surface area contributed by atoms with E-state index in [1.807, 2.05) is 13.8 Å². The van der Waals surface area contributed by atoms with Gasteiger partial charge in [-0.15, -0.1) is 0 Å². The van der Waals surface area contributed by atoms with E-state index in [1.165, 1.54) is 6.08 Å². The highest BCUT2D eigenvalue weighted by Crippen LogP contribution is 2.49. The zero-order valence-electron chi connectivity index (χ0n) is 12.7. The Morgan fingerprint density at radius 3 is 2.65 bits per heavy atom. The normalized spacial score (nSPS) is 29.8. The fourth-order valence-electron chi connectivity index (χ4n) is 3.17. The summed E-state index contributed by atoms with van der Waals surface area (Å²) in [5, 5.41) is 4.56. The van der Waals surface area contributed by atoms with Crippen molar-refractivity contribution in [1.29, 1.82) is 0 Å². The van der Waals surface area contributed by atoms with Crippen LogP contribution in [0, 0.1) is 5.92 Å². The fraction of sp³-hybridized carbons (Fsp3) is 0.615. The van der Waals surface area contributed by atoms with Gasteiger partial charge in [0.1, 0.15) is 8.47 Å². The number of sulfonamides is 1. The molecule has 0 radical (unpaired) electrons. The predicted octanol–water partition coefficient (Wildman–Crippen LogP) is 0.519. The van der Waals surface area contributed by atoms with E-state index in [9.17, 15) is 21.6 Å². The number of nitrogens with two attached hydrogens (primary N) is 1. The lowest BCUT2D eigenvalue weighted by molar-refractivity contribution is -0.128. The van der Waals surface area contributed by atoms with Crippen LogP contribution in [0.3, 0.4) is 0 Å². The van der Waals surface area contributed by atoms with Crippen LogP contribution >= 0.6 is 11.8 Å². The molecule has 0 spiro atoms. The predicted molar refractivity (Wildman–Crippen MR) is 88.1 cm³/mol. The van der Waals surface area contributed by atoms with E-state index in [2.05, 4.69) is 0 Å². The number of primary sulfonamides is 1. The molecule has 4 rings (SSSR count). The van der Waals surface area contributed by atoms with Gasteiger partial charge in [0.05, 0.1) is 11.3 Å². The van der Waals surface area contributed by atoms with Crippen molar-refractivity contribution in [2.45, 2.75) is 38.0 Å². The molecule has 7 nitrogen and oxygen atoms in total. The number of carbonyl (C=O) groups excluding carboxylic acids is 1. The van der Waals surface area contributed by atoms with Gasteiger partial charge in [0.15, 0.2) is 9.84 Å². The minimum absolute atomic E-state index is 0.139. The Morgan fingerprint density at radius 1 is 1.43 bits per heavy atom. The number of amides is 1. The Hall–Kier alpha value is -0.840. The Labute approximate surface area is 139 Å². The second kappa shape index (κ2) is 5.33. The van der Waals surface area contributed by atoms with Crippen molar-refractivity contribution in [2.24, 2.45) is 11.1 Å². The van der Waals surface area contributed by atoms with Gasteiger partial charge in [-0.2, -0.15) is 0 Å². The zero-order valence-corrected chi connectivity index (χ0v) is 15.2. The highest BCUT2D eigenvalue weighted by molar-refractivity contribution is 8.27. The summed E-state index contributed by atoms with van der Waals surface area (Å²) in [6.45, 7) is 4.33. The molecule has 2 atom stereocenters. The number of hydrogen-bond donors (Lipinski definition) is 1. The molecule has 1 saturated heterocycles. The molecule has 2 unspecified atom stereocenters. The Kier molecular flexibility index (Phi) is 3.94. The average Bonchev–Trinajstić information content (AvgIpc) is 2.60. The highest BCUT2D eigenvalue weighted by atomic mass is 32.3. The van der Waals surface area contributed by atoms with Gasteiger partial charge in [-0.25, -0.2) is 22.0 Å². The van der Waals surface area contributed by atoms with Gasteiger partial charge in [-0.1, -0.05) is 25.6 Å². The smallest absolute Gasteiger partial charge is 0.252 e. The van der Waals surface area contributed by atoms with Crippen LogP contribution in [0.25, 0.3) is 0 Å². The van der Waals surface area contributed by atoms with Gasteiger partial charge in [0.2, 0.25) is 10.0 Å². The molecule has 0 saturated carbocycles. The first-order valence-electron chi connectivity index (χ1n) is 7.22. The molecule has 23 heavy (non-hydrogen) atoms. The summed E-state index contributed by atoms with van der Waals surface area (Å²) in [4.78, 5) is 14.4. The molecule has 4 aliphatic rings. The van der Waals surface area contributed by atoms with Crippen LogP contribution in [0.1, 0.15) is 26.7 Å². The van der Waals surface area contributed by atoms with Crippen molar-refractivity contribution in [3.8, 4) is 0 Å². The summed E-state index contributed by atoms with van der Waals surface area (Å²) < 4.78 is 48.4. The summed E-state index contributed by atoms with van der Waals surface area (Å²) in [5.41, 5.74) is 0.206. The molecule has 0 aromatic heterocycles. The minimum Gasteiger partial charge on any atom is -0.332 e. The van der Waals surface area contributed by atoms with Crippen LogP contribution in [0.2, 0.25) is 0 Å². The molecule has 0 aromatic rings. The number of hydrogen-bond acceptors (Lipinski definition) is 6. The molecule has 128 valence electrons. The Bertz CT molecular complexity index is 839. The lowest BCUT2D eigenvalue weighted by atomic mass is 10.1. The molecule has 1 fully saturated rings. The molecule has 0 aromatic carbocycles. The quantitative estimate of drug-likeness (QED) is 0.765. The molecular formula is C13H18N2O5S3. The van der Waals surface area contributed by atoms with Crippen molar-refractivity contribution in [2.75, 3.05) is 6.54 Å². The molecule has 4 bridgehead atoms. The van der Waals surface area contributed by atoms with Crippen molar-refractivity contribution in [3.63, 3.8) is 0 Å². The standard InChI is InChI=1S/C13H18N2O5S3/c1-7(2)6-15-8-3-9-5-10(12(15)16)13(22(9,17)18)21-11(4-8)23(14,19)20/h4,7-9H,3,5-6H2,1-2H3,(H2,14,19,20). The summed E-state index contributed by atoms with van der Waals surface area (Å²) in [6.07, 6.45) is 1.79. The third-order valence-electron chi connectivity index (χ3n) is 4.16. The van der Waals surface area contributed by atoms with Gasteiger partial charge >= 0.3 is 0 Å². The van der Waals surface area contributed by atoms with Crippen LogP contribution < -0.4 is 5.14 Å². The number of thioether (sulfide) groups is 1. The number of fused-ring (bicyclic) bond motifs is 2. The summed E-state index contributed by atoms with van der Waals surface area (Å²) >= 11 is 0.601. The maximum atomic E-state index is 12.8. The van der Waals surface area contributed by atoms with E-state index < -0.39 is 31.2 Å². The summed E-state index contributed by atoms with van der Waals surface area (Å²) in [6, 6.07) is -0.579. The van der Waals surface area contributed by atoms with Crippen molar-refractivity contribution in [3.05, 3.63) is 20.1 Å². The lowest BCUT2D eigenvalue weighted by Gasteiger charge is -2.34. The van der Waals surface area contributed by atoms with Crippen LogP contribution in [0.5, 0.6) is 0 Å². The Morgan fingerprint density at radius 2 is 2.09 bits per heavy atom. The maximum absolute atomic E-state index is 12.8. The lowest BCUT2D eigenvalue weighted by Crippen LogP contribution is -2.44. The van der Waals surface area contributed by atoms with Crippen LogP contribution in [-0.4, -0.2) is 45.5 Å². The topological polar surface area (TPSA) is 115 Å². The molecule has 2 N–H and O–H groups in total. The van der Waals surface area contributed by atoms with Gasteiger partial charge in [-0.05, 0) is 24.8 Å². The van der Waals surface area contributed by atoms with E-state index in [1.54, 1.807) is 4.90 Å². The molecule has 4 aliphatic heterocycles. The zero-order chi connectivity index (χ0) is 17.2. The number of nitrogens with zero attached hydrogens (tertiary/aromatic N) is 1. The second-order valence-electron chi connectivity index (χ2n) is 6.42. The van der Waals surface area contributed by atoms with E-state index in [-0.39, 0.29) is 38.7 Å². The molecule has 10 heteroatoms. The van der Waals surface area contributed by atoms with Gasteiger partial charge in [0, 0.05) is 12.1 Å². The number of carbonyl (C=O) groups is 1. The molecule has 1 amide bonds. The van der Waals surface area contributed by atoms with Crippen LogP contribution in [0.15, 0.2) is 20.1 Å². The van der Waals surface area contributed by atoms with Crippen molar-refractivity contribution in [1.82, 2.24) is 4.90 Å². The first-order chi connectivity index (χ1) is 10.5. The highest BCUT2D eigenvalue weighted by Gasteiger charge is 2.50. The van der Waals surface area contributed by atoms with Crippen LogP contribution in [-0.2, 0) is 24.7 Å². The monoisotopic (exact) mass is 378 g/mol. The number of sulfone groups is 1. The third-order valence-corrected chi connectivity index (χ3v) is 9.52. The van der Waals surface area contributed by atoms with Crippen molar-refractivity contribution >= 4 is 37.5 Å². The SMILES string of the molecule is CC(C)CN1C(=O)C2=C3SC(S(N)(=O)=O)=CC1CC(C2)S3(=O)=O. The summed E-state index contributed by atoms with van der Waals surface area (Å²) in [7, 11) is -7.71. The molecular weight excluding hydrogens is 360 g/mol. The minimum atomic E-state index is -4.04. The number of rotatable bonds is 3. The van der Waals surface area contributed by atoms with Gasteiger partial charge in [-0.3, -0.25) is 4.79 Å². The van der Waals surface area contributed by atoms with E-state index >= 15 is 0 Å². The molecule has 4 heterocycles. The second-order valence-corrected chi connectivity index (χ2v) is 11.7. The van der Waals surface area contributed by atoms with Crippen molar-refractivity contribution < 1.29 is 21.6 Å². The first-order valence-corrected chi connectivity index (χ1v) is 11.1. The average molecular weight is 378 g/mol. The Balaban J connectivity index is 2.23. The first kappa shape index (κ1) is 17.0.